The van der Waals surface area contributed by atoms with Crippen molar-refractivity contribution in [2.45, 2.75) is 44.8 Å². The van der Waals surface area contributed by atoms with Gasteiger partial charge in [-0.05, 0) is 57.5 Å². The van der Waals surface area contributed by atoms with Crippen molar-refractivity contribution in [3.8, 4) is 0 Å². The number of hydrogen-bond donors (Lipinski definition) is 1. The second-order valence-electron chi connectivity index (χ2n) is 7.99. The number of anilines is 1. The van der Waals surface area contributed by atoms with E-state index in [2.05, 4.69) is 10.3 Å². The minimum absolute atomic E-state index is 0.127. The van der Waals surface area contributed by atoms with Gasteiger partial charge >= 0.3 is 5.97 Å². The number of benzene rings is 1. The quantitative estimate of drug-likeness (QED) is 0.488. The molecular formula is C22H25N3O6S3. The normalized spacial score (nSPS) is 19.3. The van der Waals surface area contributed by atoms with E-state index in [4.69, 9.17) is 9.47 Å². The molecule has 12 heteroatoms. The van der Waals surface area contributed by atoms with E-state index >= 15 is 0 Å². The number of carbonyl (C=O) groups excluding carboxylic acids is 2. The first-order chi connectivity index (χ1) is 16.1. The summed E-state index contributed by atoms with van der Waals surface area (Å²) in [5, 5.41) is 3.15. The molecule has 0 unspecified atom stereocenters. The van der Waals surface area contributed by atoms with E-state index in [-0.39, 0.29) is 36.2 Å². The van der Waals surface area contributed by atoms with Crippen LogP contribution in [0.1, 0.15) is 46.4 Å². The van der Waals surface area contributed by atoms with Crippen LogP contribution in [0.3, 0.4) is 0 Å². The van der Waals surface area contributed by atoms with Gasteiger partial charge in [0.05, 0.1) is 28.4 Å². The average molecular weight is 524 g/mol. The van der Waals surface area contributed by atoms with Gasteiger partial charge in [0.2, 0.25) is 10.0 Å². The minimum atomic E-state index is -3.68. The summed E-state index contributed by atoms with van der Waals surface area (Å²) in [5.41, 5.74) is 1.09. The van der Waals surface area contributed by atoms with Crippen LogP contribution in [0.25, 0.3) is 9.53 Å². The zero-order valence-corrected chi connectivity index (χ0v) is 21.6. The van der Waals surface area contributed by atoms with Gasteiger partial charge in [-0.3, -0.25) is 10.1 Å². The number of thiophene rings is 1. The van der Waals surface area contributed by atoms with Crippen molar-refractivity contribution in [1.29, 1.82) is 0 Å². The van der Waals surface area contributed by atoms with E-state index in [9.17, 15) is 18.0 Å². The Hall–Kier alpha value is -2.38. The lowest BCUT2D eigenvalue weighted by molar-refractivity contribution is -0.0440. The lowest BCUT2D eigenvalue weighted by Gasteiger charge is -2.34. The fourth-order valence-corrected chi connectivity index (χ4v) is 7.56. The Labute approximate surface area is 205 Å². The Balaban J connectivity index is 1.48. The van der Waals surface area contributed by atoms with Crippen LogP contribution in [-0.2, 0) is 19.5 Å². The average Bonchev–Trinajstić information content (AvgIpc) is 3.31. The Bertz CT molecular complexity index is 1320. The molecule has 34 heavy (non-hydrogen) atoms. The molecule has 2 aromatic heterocycles. The molecule has 4 rings (SSSR count). The molecule has 1 saturated heterocycles. The minimum Gasteiger partial charge on any atom is -0.462 e. The maximum absolute atomic E-state index is 13.0. The van der Waals surface area contributed by atoms with Gasteiger partial charge in [-0.25, -0.2) is 18.2 Å². The number of aromatic nitrogens is 1. The van der Waals surface area contributed by atoms with Crippen LogP contribution >= 0.6 is 22.7 Å². The highest BCUT2D eigenvalue weighted by Crippen LogP contribution is 2.37. The first kappa shape index (κ1) is 24.7. The molecule has 1 fully saturated rings. The number of ether oxygens (including phenoxy) is 2. The molecule has 0 spiro atoms. The molecule has 3 heterocycles. The number of carbonyl (C=O) groups is 2. The molecule has 182 valence electrons. The predicted molar refractivity (Wildman–Crippen MR) is 131 cm³/mol. The second-order valence-corrected chi connectivity index (χ2v) is 11.9. The van der Waals surface area contributed by atoms with E-state index in [0.717, 1.165) is 10.3 Å². The maximum Gasteiger partial charge on any atom is 0.348 e. The summed E-state index contributed by atoms with van der Waals surface area (Å²) in [6.07, 6.45) is -0.373. The third-order valence-electron chi connectivity index (χ3n) is 5.30. The molecule has 3 aromatic rings. The smallest absolute Gasteiger partial charge is 0.348 e. The molecule has 1 amide bonds. The van der Waals surface area contributed by atoms with Crippen LogP contribution in [0.2, 0.25) is 0 Å². The van der Waals surface area contributed by atoms with Gasteiger partial charge in [-0.1, -0.05) is 11.3 Å². The second kappa shape index (κ2) is 9.70. The summed E-state index contributed by atoms with van der Waals surface area (Å²) >= 11 is 2.50. The summed E-state index contributed by atoms with van der Waals surface area (Å²) in [6, 6.07) is 5.83. The number of aryl methyl sites for hydroxylation is 1. The van der Waals surface area contributed by atoms with E-state index in [1.165, 1.54) is 51.2 Å². The van der Waals surface area contributed by atoms with E-state index in [1.54, 1.807) is 6.92 Å². The molecule has 0 bridgehead atoms. The van der Waals surface area contributed by atoms with Gasteiger partial charge in [0, 0.05) is 18.7 Å². The third kappa shape index (κ3) is 4.86. The lowest BCUT2D eigenvalue weighted by atomic mass is 10.2. The van der Waals surface area contributed by atoms with Crippen molar-refractivity contribution >= 4 is 59.2 Å². The van der Waals surface area contributed by atoms with Gasteiger partial charge in [0.1, 0.15) is 9.71 Å². The number of thiazole rings is 1. The molecule has 1 aliphatic rings. The topological polar surface area (TPSA) is 115 Å². The molecule has 1 N–H and O–H groups in total. The largest absolute Gasteiger partial charge is 0.462 e. The lowest BCUT2D eigenvalue weighted by Crippen LogP contribution is -2.48. The van der Waals surface area contributed by atoms with Gasteiger partial charge < -0.3 is 9.47 Å². The number of esters is 1. The van der Waals surface area contributed by atoms with Crippen LogP contribution in [0.5, 0.6) is 0 Å². The third-order valence-corrected chi connectivity index (χ3v) is 9.53. The Morgan fingerprint density at radius 2 is 1.82 bits per heavy atom. The first-order valence-corrected chi connectivity index (χ1v) is 13.8. The molecule has 0 saturated carbocycles. The standard InChI is InChI=1S/C22H25N3O6S3/c1-5-30-21(27)18-14(4)17-20(32-18)24-22(33-17)23-19(26)15-6-8-16(9-7-15)34(28,29)25-10-12(2)31-13(3)11-25/h6-9,12-13H,5,10-11H2,1-4H3,(H,23,24,26)/t12-,13-/m0/s1. The summed E-state index contributed by atoms with van der Waals surface area (Å²) in [4.78, 5) is 30.5. The Kier molecular flexibility index (Phi) is 7.06. The molecule has 2 atom stereocenters. The fraction of sp³-hybridized carbons (Fsp3) is 0.409. The number of amides is 1. The number of sulfonamides is 1. The van der Waals surface area contributed by atoms with Crippen LogP contribution in [0.15, 0.2) is 29.2 Å². The molecule has 9 nitrogen and oxygen atoms in total. The summed E-state index contributed by atoms with van der Waals surface area (Å²) < 4.78 is 38.9. The predicted octanol–water partition coefficient (Wildman–Crippen LogP) is 3.89. The van der Waals surface area contributed by atoms with Gasteiger partial charge in [-0.2, -0.15) is 4.31 Å². The highest BCUT2D eigenvalue weighted by atomic mass is 32.2. The van der Waals surface area contributed by atoms with Crippen molar-refractivity contribution in [3.63, 3.8) is 0 Å². The van der Waals surface area contributed by atoms with Crippen molar-refractivity contribution in [2.75, 3.05) is 25.0 Å². The monoisotopic (exact) mass is 523 g/mol. The zero-order valence-electron chi connectivity index (χ0n) is 19.2. The number of nitrogens with zero attached hydrogens (tertiary/aromatic N) is 2. The molecule has 1 aliphatic heterocycles. The number of nitrogens with one attached hydrogen (secondary N) is 1. The van der Waals surface area contributed by atoms with Crippen molar-refractivity contribution in [2.24, 2.45) is 0 Å². The molecule has 0 radical (unpaired) electrons. The van der Waals surface area contributed by atoms with Crippen molar-refractivity contribution < 1.29 is 27.5 Å². The van der Waals surface area contributed by atoms with Crippen LogP contribution in [0, 0.1) is 6.92 Å². The van der Waals surface area contributed by atoms with E-state index < -0.39 is 15.9 Å². The number of rotatable bonds is 6. The summed E-state index contributed by atoms with van der Waals surface area (Å²) in [7, 11) is -3.68. The maximum atomic E-state index is 13.0. The highest BCUT2D eigenvalue weighted by molar-refractivity contribution is 7.89. The van der Waals surface area contributed by atoms with Crippen LogP contribution in [0.4, 0.5) is 5.13 Å². The SMILES string of the molecule is CCOC(=O)c1sc2nc(NC(=O)c3ccc(S(=O)(=O)N4C[C@H](C)O[C@@H](C)C4)cc3)sc2c1C. The summed E-state index contributed by atoms with van der Waals surface area (Å²) in [5.74, 6) is -0.779. The number of morpholine rings is 1. The van der Waals surface area contributed by atoms with Crippen molar-refractivity contribution in [1.82, 2.24) is 9.29 Å². The van der Waals surface area contributed by atoms with E-state index in [1.807, 2.05) is 20.8 Å². The van der Waals surface area contributed by atoms with Gasteiger partial charge in [-0.15, -0.1) is 11.3 Å². The molecular weight excluding hydrogens is 498 g/mol. The van der Waals surface area contributed by atoms with E-state index in [0.29, 0.717) is 27.0 Å². The number of hydrogen-bond acceptors (Lipinski definition) is 9. The molecule has 1 aromatic carbocycles. The van der Waals surface area contributed by atoms with Gasteiger partial charge in [0.25, 0.3) is 5.91 Å². The summed E-state index contributed by atoms with van der Waals surface area (Å²) in [6.45, 7) is 8.12. The first-order valence-electron chi connectivity index (χ1n) is 10.7. The Morgan fingerprint density at radius 3 is 2.41 bits per heavy atom. The fourth-order valence-electron chi connectivity index (χ4n) is 3.76. The van der Waals surface area contributed by atoms with Crippen LogP contribution in [-0.4, -0.2) is 61.5 Å². The van der Waals surface area contributed by atoms with Crippen LogP contribution < -0.4 is 5.32 Å². The van der Waals surface area contributed by atoms with Gasteiger partial charge in [0.15, 0.2) is 5.13 Å². The number of fused-ring (bicyclic) bond motifs is 1. The highest BCUT2D eigenvalue weighted by Gasteiger charge is 2.32. The zero-order chi connectivity index (χ0) is 24.6. The van der Waals surface area contributed by atoms with Crippen molar-refractivity contribution in [3.05, 3.63) is 40.3 Å². The molecule has 0 aliphatic carbocycles. The Morgan fingerprint density at radius 1 is 1.18 bits per heavy atom.